The van der Waals surface area contributed by atoms with Crippen molar-refractivity contribution >= 4 is 17.3 Å². The number of methoxy groups -OCH3 is 1. The maximum absolute atomic E-state index is 6.05. The normalized spacial score (nSPS) is 10.4. The molecule has 96 valence electrons. The van der Waals surface area contributed by atoms with Gasteiger partial charge in [-0.05, 0) is 18.2 Å². The van der Waals surface area contributed by atoms with Crippen LogP contribution in [0.3, 0.4) is 0 Å². The molecule has 0 amide bonds. The Morgan fingerprint density at radius 3 is 2.89 bits per heavy atom. The van der Waals surface area contributed by atoms with Gasteiger partial charge in [0.05, 0.1) is 12.1 Å². The molecule has 2 rings (SSSR count). The van der Waals surface area contributed by atoms with Gasteiger partial charge in [-0.2, -0.15) is 0 Å². The molecule has 1 N–H and O–H groups in total. The summed E-state index contributed by atoms with van der Waals surface area (Å²) < 4.78 is 7.12. The lowest BCUT2D eigenvalue weighted by Gasteiger charge is -2.09. The highest BCUT2D eigenvalue weighted by Crippen LogP contribution is 2.27. The van der Waals surface area contributed by atoms with Gasteiger partial charge in [-0.25, -0.2) is 4.98 Å². The molecule has 0 saturated carbocycles. The molecule has 1 aromatic heterocycles. The third-order valence-corrected chi connectivity index (χ3v) is 3.05. The monoisotopic (exact) mass is 265 g/mol. The first kappa shape index (κ1) is 12.8. The summed E-state index contributed by atoms with van der Waals surface area (Å²) in [5.41, 5.74) is 0.981. The van der Waals surface area contributed by atoms with E-state index >= 15 is 0 Å². The quantitative estimate of drug-likeness (QED) is 0.904. The first-order valence-corrected chi connectivity index (χ1v) is 6.12. The number of benzene rings is 1. The van der Waals surface area contributed by atoms with Crippen molar-refractivity contribution in [3.05, 3.63) is 41.4 Å². The lowest BCUT2D eigenvalue weighted by molar-refractivity contribution is 0.415. The number of aromatic nitrogens is 2. The number of halogens is 1. The van der Waals surface area contributed by atoms with Crippen LogP contribution < -0.4 is 10.1 Å². The van der Waals surface area contributed by atoms with Crippen molar-refractivity contribution in [2.75, 3.05) is 19.0 Å². The van der Waals surface area contributed by atoms with Gasteiger partial charge in [-0.15, -0.1) is 0 Å². The van der Waals surface area contributed by atoms with E-state index in [1.807, 2.05) is 36.0 Å². The zero-order valence-corrected chi connectivity index (χ0v) is 11.2. The predicted molar refractivity (Wildman–Crippen MR) is 73.4 cm³/mol. The van der Waals surface area contributed by atoms with Crippen molar-refractivity contribution in [2.24, 2.45) is 7.05 Å². The topological polar surface area (TPSA) is 39.1 Å². The van der Waals surface area contributed by atoms with Crippen LogP contribution in [0.15, 0.2) is 30.6 Å². The molecule has 0 aliphatic carbocycles. The minimum atomic E-state index is 0.611. The van der Waals surface area contributed by atoms with E-state index in [1.54, 1.807) is 13.3 Å². The summed E-state index contributed by atoms with van der Waals surface area (Å²) in [7, 11) is 3.60. The standard InChI is InChI=1S/C13H16ClN3O/c1-17-8-7-16-13(17)5-6-15-10-3-4-12(18-2)11(14)9-10/h3-4,7-9,15H,5-6H2,1-2H3. The predicted octanol–water partition coefficient (Wildman–Crippen LogP) is 2.74. The maximum atomic E-state index is 6.05. The van der Waals surface area contributed by atoms with Gasteiger partial charge in [0.1, 0.15) is 11.6 Å². The van der Waals surface area contributed by atoms with Crippen molar-refractivity contribution in [3.63, 3.8) is 0 Å². The fourth-order valence-electron chi connectivity index (χ4n) is 1.73. The van der Waals surface area contributed by atoms with E-state index in [1.165, 1.54) is 0 Å². The van der Waals surface area contributed by atoms with Crippen LogP contribution in [0.2, 0.25) is 5.02 Å². The molecule has 0 unspecified atom stereocenters. The van der Waals surface area contributed by atoms with Crippen molar-refractivity contribution < 1.29 is 4.74 Å². The van der Waals surface area contributed by atoms with Crippen molar-refractivity contribution in [3.8, 4) is 5.75 Å². The van der Waals surface area contributed by atoms with Gasteiger partial charge in [-0.1, -0.05) is 11.6 Å². The highest BCUT2D eigenvalue weighted by atomic mass is 35.5. The zero-order chi connectivity index (χ0) is 13.0. The fourth-order valence-corrected chi connectivity index (χ4v) is 1.99. The average Bonchev–Trinajstić information content (AvgIpc) is 2.75. The summed E-state index contributed by atoms with van der Waals surface area (Å²) in [6.07, 6.45) is 4.62. The number of imidazole rings is 1. The number of nitrogens with zero attached hydrogens (tertiary/aromatic N) is 2. The molecule has 0 bridgehead atoms. The summed E-state index contributed by atoms with van der Waals surface area (Å²) >= 11 is 6.05. The molecule has 5 heteroatoms. The first-order chi connectivity index (χ1) is 8.70. The molecule has 0 spiro atoms. The molecule has 0 atom stereocenters. The summed E-state index contributed by atoms with van der Waals surface area (Å²) in [6, 6.07) is 5.66. The number of nitrogens with one attached hydrogen (secondary N) is 1. The molecular weight excluding hydrogens is 250 g/mol. The number of ether oxygens (including phenoxy) is 1. The molecule has 1 aromatic carbocycles. The molecule has 0 radical (unpaired) electrons. The van der Waals surface area contributed by atoms with Crippen LogP contribution in [0, 0.1) is 0 Å². The molecule has 2 aromatic rings. The van der Waals surface area contributed by atoms with Gasteiger partial charge < -0.3 is 14.6 Å². The third-order valence-electron chi connectivity index (χ3n) is 2.75. The Morgan fingerprint density at radius 1 is 1.44 bits per heavy atom. The molecule has 0 fully saturated rings. The summed E-state index contributed by atoms with van der Waals surface area (Å²) in [5.74, 6) is 1.74. The van der Waals surface area contributed by atoms with Crippen molar-refractivity contribution in [1.29, 1.82) is 0 Å². The second-order valence-corrected chi connectivity index (χ2v) is 4.39. The van der Waals surface area contributed by atoms with Crippen LogP contribution in [0.1, 0.15) is 5.82 Å². The summed E-state index contributed by atoms with van der Waals surface area (Å²) in [5, 5.41) is 3.92. The zero-order valence-electron chi connectivity index (χ0n) is 10.5. The fraction of sp³-hybridized carbons (Fsp3) is 0.308. The van der Waals surface area contributed by atoms with Gasteiger partial charge in [0.2, 0.25) is 0 Å². The molecule has 18 heavy (non-hydrogen) atoms. The number of hydrogen-bond donors (Lipinski definition) is 1. The number of rotatable bonds is 5. The van der Waals surface area contributed by atoms with Crippen LogP contribution >= 0.6 is 11.6 Å². The van der Waals surface area contributed by atoms with Crippen molar-refractivity contribution in [1.82, 2.24) is 9.55 Å². The van der Waals surface area contributed by atoms with E-state index in [4.69, 9.17) is 16.3 Å². The van der Waals surface area contributed by atoms with Crippen LogP contribution in [0.25, 0.3) is 0 Å². The van der Waals surface area contributed by atoms with E-state index in [2.05, 4.69) is 10.3 Å². The third kappa shape index (κ3) is 2.96. The minimum Gasteiger partial charge on any atom is -0.495 e. The Balaban J connectivity index is 1.91. The lowest BCUT2D eigenvalue weighted by atomic mass is 10.3. The van der Waals surface area contributed by atoms with E-state index in [0.717, 1.165) is 24.5 Å². The van der Waals surface area contributed by atoms with E-state index in [0.29, 0.717) is 10.8 Å². The number of hydrogen-bond acceptors (Lipinski definition) is 3. The molecule has 0 saturated heterocycles. The van der Waals surface area contributed by atoms with Crippen molar-refractivity contribution in [2.45, 2.75) is 6.42 Å². The Morgan fingerprint density at radius 2 is 2.28 bits per heavy atom. The van der Waals surface area contributed by atoms with Gasteiger partial charge >= 0.3 is 0 Å². The Hall–Kier alpha value is -1.68. The molecule has 0 aliphatic heterocycles. The molecule has 1 heterocycles. The van der Waals surface area contributed by atoms with Gasteiger partial charge in [0, 0.05) is 38.1 Å². The summed E-state index contributed by atoms with van der Waals surface area (Å²) in [4.78, 5) is 4.27. The second kappa shape index (κ2) is 5.78. The maximum Gasteiger partial charge on any atom is 0.137 e. The lowest BCUT2D eigenvalue weighted by Crippen LogP contribution is -2.08. The molecule has 4 nitrogen and oxygen atoms in total. The minimum absolute atomic E-state index is 0.611. The van der Waals surface area contributed by atoms with Gasteiger partial charge in [0.15, 0.2) is 0 Å². The van der Waals surface area contributed by atoms with Gasteiger partial charge in [0.25, 0.3) is 0 Å². The Labute approximate surface area is 112 Å². The van der Waals surface area contributed by atoms with Gasteiger partial charge in [-0.3, -0.25) is 0 Å². The first-order valence-electron chi connectivity index (χ1n) is 5.74. The van der Waals surface area contributed by atoms with Crippen LogP contribution in [0.4, 0.5) is 5.69 Å². The van der Waals surface area contributed by atoms with E-state index < -0.39 is 0 Å². The Kier molecular flexibility index (Phi) is 4.10. The van der Waals surface area contributed by atoms with Crippen LogP contribution in [0.5, 0.6) is 5.75 Å². The smallest absolute Gasteiger partial charge is 0.137 e. The van der Waals surface area contributed by atoms with E-state index in [-0.39, 0.29) is 0 Å². The number of aryl methyl sites for hydroxylation is 1. The highest BCUT2D eigenvalue weighted by molar-refractivity contribution is 6.32. The molecule has 0 aliphatic rings. The van der Waals surface area contributed by atoms with E-state index in [9.17, 15) is 0 Å². The van der Waals surface area contributed by atoms with Crippen LogP contribution in [-0.4, -0.2) is 23.2 Å². The number of anilines is 1. The SMILES string of the molecule is COc1ccc(NCCc2nccn2C)cc1Cl. The highest BCUT2D eigenvalue weighted by Gasteiger charge is 2.02. The van der Waals surface area contributed by atoms with Crippen LogP contribution in [-0.2, 0) is 13.5 Å². The Bertz CT molecular complexity index is 525. The second-order valence-electron chi connectivity index (χ2n) is 3.98. The average molecular weight is 266 g/mol. The molecular formula is C13H16ClN3O. The summed E-state index contributed by atoms with van der Waals surface area (Å²) in [6.45, 7) is 0.813. The largest absolute Gasteiger partial charge is 0.495 e.